The van der Waals surface area contributed by atoms with Gasteiger partial charge in [-0.15, -0.1) is 0 Å². The highest BCUT2D eigenvalue weighted by molar-refractivity contribution is 6.30. The third-order valence-electron chi connectivity index (χ3n) is 3.86. The monoisotopic (exact) mass is 255 g/mol. The van der Waals surface area contributed by atoms with Crippen LogP contribution in [-0.4, -0.2) is 12.6 Å². The highest BCUT2D eigenvalue weighted by Crippen LogP contribution is 2.51. The largest absolute Gasteiger partial charge is 0.314 e. The van der Waals surface area contributed by atoms with Crippen molar-refractivity contribution in [3.63, 3.8) is 0 Å². The first kappa shape index (κ1) is 12.8. The fraction of sp³-hybridized carbons (Fsp3) is 0.571. The topological polar surface area (TPSA) is 12.0 Å². The third-order valence-corrected chi connectivity index (χ3v) is 4.15. The van der Waals surface area contributed by atoms with Gasteiger partial charge < -0.3 is 5.32 Å². The molecule has 1 N–H and O–H groups in total. The van der Waals surface area contributed by atoms with E-state index >= 15 is 0 Å². The van der Waals surface area contributed by atoms with Gasteiger partial charge in [0, 0.05) is 6.04 Å². The van der Waals surface area contributed by atoms with Crippen LogP contribution in [0.5, 0.6) is 0 Å². The molecule has 0 aliphatic heterocycles. The molecule has 1 saturated carbocycles. The summed E-state index contributed by atoms with van der Waals surface area (Å²) >= 11 is 5.81. The second-order valence-corrected chi connectivity index (χ2v) is 5.47. The van der Waals surface area contributed by atoms with Crippen molar-refractivity contribution >= 4 is 11.6 Å². The second-order valence-electron chi connectivity index (χ2n) is 5.07. The Balaban J connectivity index is 2.07. The molecule has 0 radical (unpaired) electrons. The summed E-state index contributed by atoms with van der Waals surface area (Å²) < 4.78 is 13.1. The molecule has 94 valence electrons. The number of hydrogen-bond donors (Lipinski definition) is 1. The van der Waals surface area contributed by atoms with E-state index in [0.717, 1.165) is 18.5 Å². The lowest BCUT2D eigenvalue weighted by molar-refractivity contribution is 0.355. The quantitative estimate of drug-likeness (QED) is 0.844. The van der Waals surface area contributed by atoms with Gasteiger partial charge >= 0.3 is 0 Å². The van der Waals surface area contributed by atoms with Crippen LogP contribution in [0, 0.1) is 11.2 Å². The van der Waals surface area contributed by atoms with E-state index < -0.39 is 0 Å². The van der Waals surface area contributed by atoms with E-state index in [4.69, 9.17) is 11.6 Å². The normalized spacial score (nSPS) is 19.1. The van der Waals surface area contributed by atoms with Crippen LogP contribution in [0.2, 0.25) is 5.02 Å². The molecule has 3 heteroatoms. The van der Waals surface area contributed by atoms with Crippen molar-refractivity contribution in [2.45, 2.75) is 39.2 Å². The molecule has 1 nitrogen and oxygen atoms in total. The Kier molecular flexibility index (Phi) is 3.74. The predicted molar refractivity (Wildman–Crippen MR) is 69.9 cm³/mol. The predicted octanol–water partition coefficient (Wildman–Crippen LogP) is 3.80. The fourth-order valence-electron chi connectivity index (χ4n) is 2.50. The fourth-order valence-corrected chi connectivity index (χ4v) is 2.71. The second kappa shape index (κ2) is 4.95. The van der Waals surface area contributed by atoms with Gasteiger partial charge in [0.2, 0.25) is 0 Å². The lowest BCUT2D eigenvalue weighted by Crippen LogP contribution is -2.35. The standard InChI is InChI=1S/C14H19ClFN/c1-3-17-10(2)14(6-7-14)9-11-4-5-13(16)12(15)8-11/h4-5,8,10,17H,3,6-7,9H2,1-2H3. The molecule has 1 unspecified atom stereocenters. The van der Waals surface area contributed by atoms with Gasteiger partial charge in [0.1, 0.15) is 5.82 Å². The molecule has 1 aromatic rings. The first-order chi connectivity index (χ1) is 8.07. The highest BCUT2D eigenvalue weighted by Gasteiger charge is 2.46. The zero-order valence-corrected chi connectivity index (χ0v) is 11.1. The van der Waals surface area contributed by atoms with Crippen molar-refractivity contribution in [2.75, 3.05) is 6.54 Å². The van der Waals surface area contributed by atoms with Crippen LogP contribution in [-0.2, 0) is 6.42 Å². The SMILES string of the molecule is CCNC(C)C1(Cc2ccc(F)c(Cl)c2)CC1. The number of benzene rings is 1. The number of nitrogens with one attached hydrogen (secondary N) is 1. The molecule has 0 amide bonds. The Hall–Kier alpha value is -0.600. The molecular weight excluding hydrogens is 237 g/mol. The van der Waals surface area contributed by atoms with Crippen LogP contribution in [0.1, 0.15) is 32.3 Å². The number of hydrogen-bond acceptors (Lipinski definition) is 1. The first-order valence-corrected chi connectivity index (χ1v) is 6.62. The van der Waals surface area contributed by atoms with E-state index in [1.54, 1.807) is 6.07 Å². The Morgan fingerprint density at radius 1 is 1.47 bits per heavy atom. The maximum absolute atomic E-state index is 13.1. The van der Waals surface area contributed by atoms with Gasteiger partial charge in [-0.3, -0.25) is 0 Å². The lowest BCUT2D eigenvalue weighted by Gasteiger charge is -2.24. The van der Waals surface area contributed by atoms with Crippen LogP contribution in [0.3, 0.4) is 0 Å². The number of halogens is 2. The molecule has 1 atom stereocenters. The van der Waals surface area contributed by atoms with Crippen LogP contribution in [0.15, 0.2) is 18.2 Å². The summed E-state index contributed by atoms with van der Waals surface area (Å²) in [7, 11) is 0. The van der Waals surface area contributed by atoms with Gasteiger partial charge in [-0.1, -0.05) is 24.6 Å². The first-order valence-electron chi connectivity index (χ1n) is 6.25. The number of rotatable bonds is 5. The van der Waals surface area contributed by atoms with Crippen LogP contribution in [0.25, 0.3) is 0 Å². The summed E-state index contributed by atoms with van der Waals surface area (Å²) in [6, 6.07) is 5.58. The lowest BCUT2D eigenvalue weighted by atomic mass is 9.90. The highest BCUT2D eigenvalue weighted by atomic mass is 35.5. The molecule has 0 heterocycles. The van der Waals surface area contributed by atoms with Crippen molar-refractivity contribution in [3.05, 3.63) is 34.6 Å². The van der Waals surface area contributed by atoms with Crippen LogP contribution in [0.4, 0.5) is 4.39 Å². The summed E-state index contributed by atoms with van der Waals surface area (Å²) in [6.07, 6.45) is 3.48. The Morgan fingerprint density at radius 3 is 2.71 bits per heavy atom. The van der Waals surface area contributed by atoms with Crippen molar-refractivity contribution in [3.8, 4) is 0 Å². The molecule has 1 aliphatic carbocycles. The van der Waals surface area contributed by atoms with Gasteiger partial charge in [0.25, 0.3) is 0 Å². The van der Waals surface area contributed by atoms with Crippen molar-refractivity contribution in [1.29, 1.82) is 0 Å². The average Bonchev–Trinajstić information content (AvgIpc) is 3.05. The zero-order chi connectivity index (χ0) is 12.5. The molecule has 0 bridgehead atoms. The van der Waals surface area contributed by atoms with E-state index in [1.807, 2.05) is 6.07 Å². The molecule has 1 aliphatic rings. The Bertz CT molecular complexity index is 401. The summed E-state index contributed by atoms with van der Waals surface area (Å²) in [5.74, 6) is -0.333. The smallest absolute Gasteiger partial charge is 0.141 e. The van der Waals surface area contributed by atoms with E-state index in [9.17, 15) is 4.39 Å². The molecule has 2 rings (SSSR count). The van der Waals surface area contributed by atoms with Crippen molar-refractivity contribution < 1.29 is 4.39 Å². The third kappa shape index (κ3) is 2.80. The van der Waals surface area contributed by atoms with Crippen molar-refractivity contribution in [1.82, 2.24) is 5.32 Å². The zero-order valence-electron chi connectivity index (χ0n) is 10.4. The van der Waals surface area contributed by atoms with E-state index in [2.05, 4.69) is 19.2 Å². The van der Waals surface area contributed by atoms with E-state index in [1.165, 1.54) is 18.9 Å². The van der Waals surface area contributed by atoms with Gasteiger partial charge in [-0.05, 0) is 55.8 Å². The Labute approximate surface area is 107 Å². The molecule has 1 aromatic carbocycles. The Morgan fingerprint density at radius 2 is 2.18 bits per heavy atom. The maximum atomic E-state index is 13.1. The van der Waals surface area contributed by atoms with Gasteiger partial charge in [-0.2, -0.15) is 0 Å². The molecule has 0 spiro atoms. The van der Waals surface area contributed by atoms with Gasteiger partial charge in [-0.25, -0.2) is 4.39 Å². The molecule has 17 heavy (non-hydrogen) atoms. The minimum absolute atomic E-state index is 0.231. The van der Waals surface area contributed by atoms with Crippen LogP contribution < -0.4 is 5.32 Å². The maximum Gasteiger partial charge on any atom is 0.141 e. The molecule has 0 aromatic heterocycles. The summed E-state index contributed by atoms with van der Waals surface area (Å²) in [4.78, 5) is 0. The summed E-state index contributed by atoms with van der Waals surface area (Å²) in [6.45, 7) is 5.36. The molecule has 1 fully saturated rings. The summed E-state index contributed by atoms with van der Waals surface area (Å²) in [5, 5.41) is 3.72. The van der Waals surface area contributed by atoms with Gasteiger partial charge in [0.05, 0.1) is 5.02 Å². The van der Waals surface area contributed by atoms with E-state index in [0.29, 0.717) is 11.5 Å². The van der Waals surface area contributed by atoms with Crippen molar-refractivity contribution in [2.24, 2.45) is 5.41 Å². The van der Waals surface area contributed by atoms with E-state index in [-0.39, 0.29) is 10.8 Å². The minimum atomic E-state index is -0.333. The average molecular weight is 256 g/mol. The minimum Gasteiger partial charge on any atom is -0.314 e. The summed E-state index contributed by atoms with van der Waals surface area (Å²) in [5.41, 5.74) is 1.50. The van der Waals surface area contributed by atoms with Crippen LogP contribution >= 0.6 is 11.6 Å². The molecular formula is C14H19ClFN. The van der Waals surface area contributed by atoms with Gasteiger partial charge in [0.15, 0.2) is 0 Å². The molecule has 0 saturated heterocycles.